The number of fused-ring (bicyclic) bond motifs is 2. The molecule has 3 aliphatic rings. The topological polar surface area (TPSA) is 53.2 Å². The van der Waals surface area contributed by atoms with Crippen LogP contribution in [-0.4, -0.2) is 56.2 Å². The number of aromatic nitrogens is 2. The van der Waals surface area contributed by atoms with Crippen LogP contribution in [0.25, 0.3) is 11.0 Å². The summed E-state index contributed by atoms with van der Waals surface area (Å²) in [6.45, 7) is 8.63. The lowest BCUT2D eigenvalue weighted by Crippen LogP contribution is -2.41. The van der Waals surface area contributed by atoms with Crippen molar-refractivity contribution in [2.45, 2.75) is 45.4 Å². The van der Waals surface area contributed by atoms with Crippen LogP contribution in [0.5, 0.6) is 0 Å². The molecule has 31 heavy (non-hydrogen) atoms. The normalized spacial score (nSPS) is 23.6. The van der Waals surface area contributed by atoms with Gasteiger partial charge >= 0.3 is 0 Å². The first-order chi connectivity index (χ1) is 14.9. The number of piperidine rings is 1. The Labute approximate surface area is 189 Å². The molecule has 2 aromatic heterocycles. The molecule has 6 nitrogen and oxygen atoms in total. The van der Waals surface area contributed by atoms with Crippen molar-refractivity contribution < 1.29 is 4.79 Å². The van der Waals surface area contributed by atoms with Crippen molar-refractivity contribution in [2.75, 3.05) is 13.1 Å². The maximum absolute atomic E-state index is 13.0. The number of aryl methyl sites for hydroxylation is 1. The molecule has 5 heterocycles. The molecule has 1 amide bonds. The Morgan fingerprint density at radius 2 is 2.00 bits per heavy atom. The summed E-state index contributed by atoms with van der Waals surface area (Å²) in [5.74, 6) is 0.422. The van der Waals surface area contributed by atoms with E-state index in [2.05, 4.69) is 23.7 Å². The van der Waals surface area contributed by atoms with E-state index in [0.29, 0.717) is 25.6 Å². The number of aliphatic imine (C=N–C) groups is 1. The molecule has 0 aromatic carbocycles. The zero-order valence-corrected chi connectivity index (χ0v) is 19.8. The summed E-state index contributed by atoms with van der Waals surface area (Å²) in [5, 5.41) is 1.60. The maximum atomic E-state index is 13.0. The number of nitrogens with zero attached hydrogens (tertiary/aromatic N) is 5. The van der Waals surface area contributed by atoms with Gasteiger partial charge in [-0.25, -0.2) is 4.98 Å². The summed E-state index contributed by atoms with van der Waals surface area (Å²) in [6, 6.07) is 2.50. The smallest absolute Gasteiger partial charge is 0.252 e. The quantitative estimate of drug-likeness (QED) is 0.639. The Kier molecular flexibility index (Phi) is 5.49. The number of rotatable bonds is 3. The van der Waals surface area contributed by atoms with E-state index in [1.807, 2.05) is 47.1 Å². The van der Waals surface area contributed by atoms with Crippen LogP contribution in [0, 0.1) is 12.8 Å². The first kappa shape index (κ1) is 20.9. The molecule has 2 aromatic rings. The van der Waals surface area contributed by atoms with E-state index < -0.39 is 0 Å². The molecule has 0 radical (unpaired) electrons. The van der Waals surface area contributed by atoms with Crippen molar-refractivity contribution in [3.05, 3.63) is 52.7 Å². The number of allylic oxidation sites excluding steroid dienone is 1. The second-order valence-corrected chi connectivity index (χ2v) is 10.6. The van der Waals surface area contributed by atoms with Gasteiger partial charge < -0.3 is 14.2 Å². The fraction of sp³-hybridized carbons (Fsp3) is 0.435. The summed E-state index contributed by atoms with van der Waals surface area (Å²) in [6.07, 6.45) is 11.9. The van der Waals surface area contributed by atoms with Gasteiger partial charge in [0.05, 0.1) is 22.2 Å². The van der Waals surface area contributed by atoms with Crippen molar-refractivity contribution in [3.63, 3.8) is 0 Å². The molecule has 3 aliphatic heterocycles. The summed E-state index contributed by atoms with van der Waals surface area (Å²) >= 11 is 6.46. The van der Waals surface area contributed by atoms with E-state index in [0.717, 1.165) is 53.8 Å². The van der Waals surface area contributed by atoms with Crippen LogP contribution in [0.15, 0.2) is 41.4 Å². The highest BCUT2D eigenvalue weighted by Gasteiger charge is 2.32. The van der Waals surface area contributed by atoms with Gasteiger partial charge in [0, 0.05) is 48.4 Å². The van der Waals surface area contributed by atoms with Gasteiger partial charge in [-0.3, -0.25) is 9.79 Å². The van der Waals surface area contributed by atoms with Crippen LogP contribution in [0.3, 0.4) is 0 Å². The molecule has 2 unspecified atom stereocenters. The molecule has 5 rings (SSSR count). The summed E-state index contributed by atoms with van der Waals surface area (Å²) < 4.78 is 1.94. The lowest BCUT2D eigenvalue weighted by atomic mass is 9.93. The largest absolute Gasteiger partial charge is 0.305 e. The van der Waals surface area contributed by atoms with Gasteiger partial charge in [-0.15, -0.1) is 0 Å². The lowest BCUT2D eigenvalue weighted by Gasteiger charge is -2.37. The third kappa shape index (κ3) is 3.97. The van der Waals surface area contributed by atoms with Gasteiger partial charge in [-0.05, 0) is 58.1 Å². The van der Waals surface area contributed by atoms with Crippen LogP contribution >= 0.6 is 20.2 Å². The second-order valence-electron chi connectivity index (χ2n) is 8.82. The van der Waals surface area contributed by atoms with Gasteiger partial charge in [0.25, 0.3) is 5.91 Å². The third-order valence-electron chi connectivity index (χ3n) is 6.38. The number of carbonyl (C=O) groups excluding carboxylic acids is 1. The fourth-order valence-corrected chi connectivity index (χ4v) is 6.18. The highest BCUT2D eigenvalue weighted by Crippen LogP contribution is 2.44. The molecule has 0 spiro atoms. The third-order valence-corrected chi connectivity index (χ3v) is 8.12. The summed E-state index contributed by atoms with van der Waals surface area (Å²) in [4.78, 5) is 26.7. The zero-order chi connectivity index (χ0) is 21.7. The SMILES string of the molecule is Cc1cn2cc(C3=CC(=O)N4C=C(C5CCN(C(C)C)CC5)N=CC4P3)cc(Cl)c2n1. The maximum Gasteiger partial charge on any atom is 0.252 e. The Balaban J connectivity index is 1.37. The van der Waals surface area contributed by atoms with Crippen LogP contribution < -0.4 is 0 Å². The van der Waals surface area contributed by atoms with Crippen LogP contribution in [-0.2, 0) is 4.79 Å². The first-order valence-corrected chi connectivity index (χ1v) is 12.3. The monoisotopic (exact) mass is 455 g/mol. The van der Waals surface area contributed by atoms with Gasteiger partial charge in [0.2, 0.25) is 0 Å². The van der Waals surface area contributed by atoms with Gasteiger partial charge in [-0.1, -0.05) is 20.2 Å². The predicted octanol–water partition coefficient (Wildman–Crippen LogP) is 4.53. The average Bonchev–Trinajstić information content (AvgIpc) is 3.14. The predicted molar refractivity (Wildman–Crippen MR) is 128 cm³/mol. The Morgan fingerprint density at radius 1 is 1.23 bits per heavy atom. The Hall–Kier alpha value is -2.01. The molecule has 2 atom stereocenters. The van der Waals surface area contributed by atoms with Crippen molar-refractivity contribution in [1.82, 2.24) is 19.2 Å². The molecule has 8 heteroatoms. The Morgan fingerprint density at radius 3 is 2.74 bits per heavy atom. The van der Waals surface area contributed by atoms with Crippen molar-refractivity contribution >= 4 is 43.3 Å². The van der Waals surface area contributed by atoms with E-state index in [1.165, 1.54) is 0 Å². The van der Waals surface area contributed by atoms with E-state index in [4.69, 9.17) is 16.6 Å². The Bertz CT molecular complexity index is 1130. The van der Waals surface area contributed by atoms with Gasteiger partial charge in [0.15, 0.2) is 5.65 Å². The lowest BCUT2D eigenvalue weighted by molar-refractivity contribution is -0.123. The van der Waals surface area contributed by atoms with Crippen molar-refractivity contribution in [2.24, 2.45) is 10.9 Å². The minimum atomic E-state index is -0.0222. The molecular formula is C23H27ClN5OP. The molecule has 0 aliphatic carbocycles. The number of hydrogen-bond donors (Lipinski definition) is 0. The first-order valence-electron chi connectivity index (χ1n) is 10.8. The number of carbonyl (C=O) groups is 1. The molecular weight excluding hydrogens is 429 g/mol. The molecule has 0 N–H and O–H groups in total. The van der Waals surface area contributed by atoms with E-state index in [9.17, 15) is 4.79 Å². The minimum absolute atomic E-state index is 0.0139. The van der Waals surface area contributed by atoms with Crippen LogP contribution in [0.4, 0.5) is 0 Å². The number of amides is 1. The van der Waals surface area contributed by atoms with E-state index >= 15 is 0 Å². The van der Waals surface area contributed by atoms with Gasteiger partial charge in [-0.2, -0.15) is 0 Å². The summed E-state index contributed by atoms with van der Waals surface area (Å²) in [7, 11) is 0.423. The van der Waals surface area contributed by atoms with Crippen LogP contribution in [0.1, 0.15) is 37.9 Å². The molecule has 162 valence electrons. The summed E-state index contributed by atoms with van der Waals surface area (Å²) in [5.41, 5.74) is 3.67. The standard InChI is InChI=1S/C23H27ClN5OP/c1-14(2)27-6-4-16(5-7-27)19-13-29-21(30)9-20(31-22(29)10-25-19)17-8-18(24)23-26-15(3)11-28(23)12-17/h8-14,16,22,31H,4-7H2,1-3H3. The van der Waals surface area contributed by atoms with Gasteiger partial charge in [0.1, 0.15) is 0 Å². The zero-order valence-electron chi connectivity index (χ0n) is 18.0. The van der Waals surface area contributed by atoms with E-state index in [1.54, 1.807) is 6.08 Å². The van der Waals surface area contributed by atoms with Crippen LogP contribution in [0.2, 0.25) is 5.02 Å². The fourth-order valence-electron chi connectivity index (χ4n) is 4.61. The van der Waals surface area contributed by atoms with Crippen molar-refractivity contribution in [1.29, 1.82) is 0 Å². The van der Waals surface area contributed by atoms with Crippen molar-refractivity contribution in [3.8, 4) is 0 Å². The highest BCUT2D eigenvalue weighted by atomic mass is 35.5. The number of imidazole rings is 1. The minimum Gasteiger partial charge on any atom is -0.305 e. The number of pyridine rings is 1. The second kappa shape index (κ2) is 8.16. The molecule has 0 bridgehead atoms. The average molecular weight is 456 g/mol. The number of likely N-dealkylation sites (tertiary alicyclic amines) is 1. The molecule has 1 saturated heterocycles. The molecule has 1 fully saturated rings. The number of hydrogen-bond acceptors (Lipinski definition) is 4. The number of halogens is 1. The molecule has 0 saturated carbocycles. The highest BCUT2D eigenvalue weighted by molar-refractivity contribution is 7.52. The van der Waals surface area contributed by atoms with E-state index in [-0.39, 0.29) is 11.7 Å².